The number of amides is 1. The number of piperidine rings is 1. The first-order chi connectivity index (χ1) is 12.5. The molecule has 3 rings (SSSR count). The fraction of sp³-hybridized carbons (Fsp3) is 0.435. The van der Waals surface area contributed by atoms with E-state index in [1.54, 1.807) is 0 Å². The summed E-state index contributed by atoms with van der Waals surface area (Å²) in [6.45, 7) is 7.01. The maximum Gasteiger partial charge on any atom is 0.227 e. The molecule has 0 atom stereocenters. The molecule has 1 fully saturated rings. The van der Waals surface area contributed by atoms with Gasteiger partial charge in [0.25, 0.3) is 0 Å². The first kappa shape index (κ1) is 18.7. The maximum atomic E-state index is 13.2. The van der Waals surface area contributed by atoms with Crippen LogP contribution in [0.15, 0.2) is 48.5 Å². The van der Waals surface area contributed by atoms with Crippen molar-refractivity contribution in [3.05, 3.63) is 70.8 Å². The molecular weight excluding hydrogens is 320 g/mol. The first-order valence-corrected chi connectivity index (χ1v) is 9.60. The fourth-order valence-corrected chi connectivity index (χ4v) is 3.60. The number of carbonyl (C=O) groups excluding carboxylic acids is 1. The van der Waals surface area contributed by atoms with Gasteiger partial charge < -0.3 is 9.80 Å². The van der Waals surface area contributed by atoms with E-state index in [4.69, 9.17) is 0 Å². The zero-order valence-corrected chi connectivity index (χ0v) is 16.2. The lowest BCUT2D eigenvalue weighted by Gasteiger charge is -2.37. The Labute approximate surface area is 157 Å². The van der Waals surface area contributed by atoms with Crippen molar-refractivity contribution in [3.8, 4) is 0 Å². The largest absolute Gasteiger partial charge is 0.335 e. The maximum absolute atomic E-state index is 13.2. The Hall–Kier alpha value is -2.13. The van der Waals surface area contributed by atoms with Crippen LogP contribution in [0.4, 0.5) is 0 Å². The Morgan fingerprint density at radius 1 is 0.923 bits per heavy atom. The van der Waals surface area contributed by atoms with Crippen LogP contribution >= 0.6 is 0 Å². The van der Waals surface area contributed by atoms with Crippen molar-refractivity contribution >= 4 is 5.91 Å². The van der Waals surface area contributed by atoms with Crippen molar-refractivity contribution in [2.75, 3.05) is 20.1 Å². The predicted octanol–water partition coefficient (Wildman–Crippen LogP) is 3.97. The van der Waals surface area contributed by atoms with Gasteiger partial charge in [0.15, 0.2) is 0 Å². The van der Waals surface area contributed by atoms with E-state index in [9.17, 15) is 4.79 Å². The summed E-state index contributed by atoms with van der Waals surface area (Å²) in [5, 5.41) is 0. The molecule has 0 unspecified atom stereocenters. The molecule has 0 N–H and O–H groups in total. The number of rotatable bonds is 5. The highest BCUT2D eigenvalue weighted by Crippen LogP contribution is 2.20. The minimum atomic E-state index is 0.240. The van der Waals surface area contributed by atoms with Crippen molar-refractivity contribution < 1.29 is 4.79 Å². The lowest BCUT2D eigenvalue weighted by atomic mass is 10.0. The number of hydrogen-bond acceptors (Lipinski definition) is 2. The fourth-order valence-electron chi connectivity index (χ4n) is 3.60. The molecule has 1 saturated heterocycles. The minimum absolute atomic E-state index is 0.240. The highest BCUT2D eigenvalue weighted by atomic mass is 16.2. The van der Waals surface area contributed by atoms with Gasteiger partial charge in [0.2, 0.25) is 5.91 Å². The summed E-state index contributed by atoms with van der Waals surface area (Å²) in [5.41, 5.74) is 4.80. The molecule has 0 aliphatic carbocycles. The summed E-state index contributed by atoms with van der Waals surface area (Å²) in [6.07, 6.45) is 2.60. The summed E-state index contributed by atoms with van der Waals surface area (Å²) < 4.78 is 0. The topological polar surface area (TPSA) is 23.6 Å². The van der Waals surface area contributed by atoms with Gasteiger partial charge in [-0.05, 0) is 58.0 Å². The van der Waals surface area contributed by atoms with Crippen LogP contribution < -0.4 is 0 Å². The van der Waals surface area contributed by atoms with Gasteiger partial charge in [-0.2, -0.15) is 0 Å². The molecule has 1 amide bonds. The number of hydrogen-bond donors (Lipinski definition) is 0. The number of likely N-dealkylation sites (tertiary alicyclic amines) is 1. The highest BCUT2D eigenvalue weighted by Gasteiger charge is 2.27. The van der Waals surface area contributed by atoms with Crippen molar-refractivity contribution in [2.24, 2.45) is 0 Å². The molecule has 26 heavy (non-hydrogen) atoms. The molecule has 1 heterocycles. The van der Waals surface area contributed by atoms with E-state index in [1.807, 2.05) is 0 Å². The quantitative estimate of drug-likeness (QED) is 0.815. The molecule has 0 aromatic heterocycles. The molecule has 138 valence electrons. The molecule has 2 aromatic carbocycles. The molecule has 3 heteroatoms. The Balaban J connectivity index is 1.75. The summed E-state index contributed by atoms with van der Waals surface area (Å²) in [5.74, 6) is 0.240. The molecule has 2 aromatic rings. The molecule has 3 nitrogen and oxygen atoms in total. The monoisotopic (exact) mass is 350 g/mol. The second-order valence-corrected chi connectivity index (χ2v) is 7.70. The normalized spacial score (nSPS) is 15.8. The Kier molecular flexibility index (Phi) is 6.10. The van der Waals surface area contributed by atoms with Crippen LogP contribution in [-0.4, -0.2) is 41.9 Å². The average Bonchev–Trinajstić information content (AvgIpc) is 2.64. The van der Waals surface area contributed by atoms with E-state index in [0.717, 1.165) is 31.5 Å². The standard InChI is InChI=1S/C23H30N2O/c1-18-4-8-20(9-5-18)16-23(26)25(22-12-14-24(3)15-13-22)17-21-10-6-19(2)7-11-21/h4-11,22H,12-17H2,1-3H3. The van der Waals surface area contributed by atoms with Crippen molar-refractivity contribution in [1.82, 2.24) is 9.80 Å². The van der Waals surface area contributed by atoms with E-state index >= 15 is 0 Å². The summed E-state index contributed by atoms with van der Waals surface area (Å²) in [6, 6.07) is 17.2. The molecular formula is C23H30N2O. The van der Waals surface area contributed by atoms with Crippen LogP contribution in [0.25, 0.3) is 0 Å². The van der Waals surface area contributed by atoms with E-state index in [2.05, 4.69) is 79.2 Å². The third-order valence-electron chi connectivity index (χ3n) is 5.40. The molecule has 0 radical (unpaired) electrons. The van der Waals surface area contributed by atoms with Gasteiger partial charge in [0.05, 0.1) is 6.42 Å². The van der Waals surface area contributed by atoms with Gasteiger partial charge in [-0.3, -0.25) is 4.79 Å². The molecule has 0 bridgehead atoms. The number of carbonyl (C=O) groups is 1. The average molecular weight is 351 g/mol. The Morgan fingerprint density at radius 2 is 1.42 bits per heavy atom. The number of benzene rings is 2. The third kappa shape index (κ3) is 4.95. The zero-order chi connectivity index (χ0) is 18.5. The third-order valence-corrected chi connectivity index (χ3v) is 5.40. The van der Waals surface area contributed by atoms with Crippen LogP contribution in [-0.2, 0) is 17.8 Å². The highest BCUT2D eigenvalue weighted by molar-refractivity contribution is 5.79. The van der Waals surface area contributed by atoms with Gasteiger partial charge in [0, 0.05) is 12.6 Å². The predicted molar refractivity (Wildman–Crippen MR) is 107 cm³/mol. The molecule has 1 aliphatic heterocycles. The second kappa shape index (κ2) is 8.50. The smallest absolute Gasteiger partial charge is 0.227 e. The summed E-state index contributed by atoms with van der Waals surface area (Å²) in [7, 11) is 2.16. The first-order valence-electron chi connectivity index (χ1n) is 9.60. The zero-order valence-electron chi connectivity index (χ0n) is 16.2. The molecule has 0 spiro atoms. The van der Waals surface area contributed by atoms with Gasteiger partial charge in [-0.15, -0.1) is 0 Å². The number of nitrogens with zero attached hydrogens (tertiary/aromatic N) is 2. The van der Waals surface area contributed by atoms with Crippen LogP contribution in [0.1, 0.15) is 35.1 Å². The van der Waals surface area contributed by atoms with E-state index in [1.165, 1.54) is 16.7 Å². The van der Waals surface area contributed by atoms with Crippen LogP contribution in [0, 0.1) is 13.8 Å². The lowest BCUT2D eigenvalue weighted by molar-refractivity contribution is -0.134. The number of aryl methyl sites for hydroxylation is 2. The molecule has 0 saturated carbocycles. The SMILES string of the molecule is Cc1ccc(CC(=O)N(Cc2ccc(C)cc2)C2CCN(C)CC2)cc1. The van der Waals surface area contributed by atoms with E-state index in [0.29, 0.717) is 19.0 Å². The van der Waals surface area contributed by atoms with Crippen LogP contribution in [0.5, 0.6) is 0 Å². The van der Waals surface area contributed by atoms with Gasteiger partial charge in [-0.1, -0.05) is 59.7 Å². The van der Waals surface area contributed by atoms with E-state index < -0.39 is 0 Å². The minimum Gasteiger partial charge on any atom is -0.335 e. The Morgan fingerprint density at radius 3 is 1.96 bits per heavy atom. The van der Waals surface area contributed by atoms with Crippen molar-refractivity contribution in [3.63, 3.8) is 0 Å². The van der Waals surface area contributed by atoms with Crippen LogP contribution in [0.3, 0.4) is 0 Å². The van der Waals surface area contributed by atoms with Crippen molar-refractivity contribution in [1.29, 1.82) is 0 Å². The van der Waals surface area contributed by atoms with Gasteiger partial charge in [-0.25, -0.2) is 0 Å². The van der Waals surface area contributed by atoms with E-state index in [-0.39, 0.29) is 5.91 Å². The summed E-state index contributed by atoms with van der Waals surface area (Å²) in [4.78, 5) is 17.6. The van der Waals surface area contributed by atoms with Crippen LogP contribution in [0.2, 0.25) is 0 Å². The lowest BCUT2D eigenvalue weighted by Crippen LogP contribution is -2.46. The molecule has 1 aliphatic rings. The van der Waals surface area contributed by atoms with Crippen molar-refractivity contribution in [2.45, 2.75) is 45.7 Å². The second-order valence-electron chi connectivity index (χ2n) is 7.70. The Bertz CT molecular complexity index is 713. The summed E-state index contributed by atoms with van der Waals surface area (Å²) >= 11 is 0. The van der Waals surface area contributed by atoms with Gasteiger partial charge in [0.1, 0.15) is 0 Å². The van der Waals surface area contributed by atoms with Gasteiger partial charge >= 0.3 is 0 Å².